The highest BCUT2D eigenvalue weighted by Gasteiger charge is 2.31. The number of benzene rings is 1. The van der Waals surface area contributed by atoms with E-state index < -0.39 is 11.7 Å². The lowest BCUT2D eigenvalue weighted by molar-refractivity contribution is -0.137. The van der Waals surface area contributed by atoms with Crippen LogP contribution in [0.1, 0.15) is 24.0 Å². The molecule has 0 aliphatic carbocycles. The summed E-state index contributed by atoms with van der Waals surface area (Å²) in [6.07, 6.45) is -2.26. The van der Waals surface area contributed by atoms with Gasteiger partial charge in [0, 0.05) is 25.3 Å². The van der Waals surface area contributed by atoms with Gasteiger partial charge in [0.15, 0.2) is 0 Å². The van der Waals surface area contributed by atoms with Crippen LogP contribution in [0.4, 0.5) is 18.9 Å². The highest BCUT2D eigenvalue weighted by Crippen LogP contribution is 2.32. The van der Waals surface area contributed by atoms with Crippen LogP contribution in [0.5, 0.6) is 0 Å². The average molecular weight is 353 g/mol. The Morgan fingerprint density at radius 2 is 2.04 bits per heavy atom. The van der Waals surface area contributed by atoms with Gasteiger partial charge in [-0.3, -0.25) is 4.79 Å². The lowest BCUT2D eigenvalue weighted by Gasteiger charge is -2.12. The molecule has 0 aromatic heterocycles. The van der Waals surface area contributed by atoms with E-state index in [4.69, 9.17) is 10.5 Å². The molecule has 3 N–H and O–H groups in total. The number of carbonyl (C=O) groups is 1. The van der Waals surface area contributed by atoms with Gasteiger partial charge in [0.05, 0.1) is 12.2 Å². The fourth-order valence-electron chi connectivity index (χ4n) is 1.77. The molecular formula is C15H20ClF3N2O2. The molecule has 1 aromatic rings. The lowest BCUT2D eigenvalue weighted by atomic mass is 10.1. The van der Waals surface area contributed by atoms with Crippen molar-refractivity contribution in [2.24, 2.45) is 5.73 Å². The van der Waals surface area contributed by atoms with Gasteiger partial charge in [0.2, 0.25) is 5.91 Å². The van der Waals surface area contributed by atoms with Crippen molar-refractivity contribution in [3.05, 3.63) is 42.0 Å². The third-order valence-electron chi connectivity index (χ3n) is 2.77. The van der Waals surface area contributed by atoms with Crippen molar-refractivity contribution in [1.82, 2.24) is 0 Å². The van der Waals surface area contributed by atoms with Gasteiger partial charge in [0.1, 0.15) is 0 Å². The minimum Gasteiger partial charge on any atom is -0.377 e. The summed E-state index contributed by atoms with van der Waals surface area (Å²) in [5.74, 6) is -0.371. The number of hydrogen-bond acceptors (Lipinski definition) is 3. The largest absolute Gasteiger partial charge is 0.416 e. The number of carbonyl (C=O) groups excluding carboxylic acids is 1. The number of rotatable bonds is 8. The monoisotopic (exact) mass is 352 g/mol. The van der Waals surface area contributed by atoms with Crippen LogP contribution >= 0.6 is 12.4 Å². The van der Waals surface area contributed by atoms with Crippen molar-refractivity contribution in [1.29, 1.82) is 0 Å². The summed E-state index contributed by atoms with van der Waals surface area (Å²) in [6, 6.07) is 3.30. The maximum Gasteiger partial charge on any atom is 0.416 e. The Bertz CT molecular complexity index is 522. The van der Waals surface area contributed by atoms with E-state index in [1.54, 1.807) is 6.08 Å². The van der Waals surface area contributed by atoms with E-state index in [1.807, 2.05) is 0 Å². The van der Waals surface area contributed by atoms with E-state index >= 15 is 0 Å². The molecule has 0 atom stereocenters. The number of halogens is 4. The van der Waals surface area contributed by atoms with Gasteiger partial charge in [-0.2, -0.15) is 13.2 Å². The van der Waals surface area contributed by atoms with Crippen molar-refractivity contribution in [3.63, 3.8) is 0 Å². The zero-order chi connectivity index (χ0) is 16.6. The molecule has 1 aromatic carbocycles. The Balaban J connectivity index is 0.00000484. The number of anilines is 1. The van der Waals surface area contributed by atoms with Gasteiger partial charge in [-0.25, -0.2) is 0 Å². The predicted molar refractivity (Wildman–Crippen MR) is 85.5 cm³/mol. The summed E-state index contributed by atoms with van der Waals surface area (Å²) in [7, 11) is 0. The maximum absolute atomic E-state index is 12.8. The topological polar surface area (TPSA) is 64.3 Å². The van der Waals surface area contributed by atoms with Gasteiger partial charge in [-0.15, -0.1) is 19.0 Å². The molecule has 130 valence electrons. The molecule has 23 heavy (non-hydrogen) atoms. The summed E-state index contributed by atoms with van der Waals surface area (Å²) in [6.45, 7) is 4.23. The van der Waals surface area contributed by atoms with E-state index in [0.29, 0.717) is 25.2 Å². The minimum atomic E-state index is -4.48. The van der Waals surface area contributed by atoms with Crippen LogP contribution in [-0.4, -0.2) is 19.1 Å². The molecule has 0 aliphatic heterocycles. The first-order valence-corrected chi connectivity index (χ1v) is 6.76. The van der Waals surface area contributed by atoms with E-state index in [0.717, 1.165) is 12.1 Å². The lowest BCUT2D eigenvalue weighted by Crippen LogP contribution is -2.14. The molecule has 0 bridgehead atoms. The van der Waals surface area contributed by atoms with Crippen LogP contribution < -0.4 is 11.1 Å². The third kappa shape index (κ3) is 8.01. The van der Waals surface area contributed by atoms with Gasteiger partial charge in [-0.05, 0) is 30.2 Å². The SMILES string of the molecule is C=CCOCCCC(=O)Nc1cc(CN)cc(C(F)(F)F)c1.Cl. The van der Waals surface area contributed by atoms with E-state index in [9.17, 15) is 18.0 Å². The van der Waals surface area contributed by atoms with Gasteiger partial charge in [0.25, 0.3) is 0 Å². The minimum absolute atomic E-state index is 0. The maximum atomic E-state index is 12.8. The van der Waals surface area contributed by atoms with Crippen molar-refractivity contribution >= 4 is 24.0 Å². The number of amides is 1. The summed E-state index contributed by atoms with van der Waals surface area (Å²) < 4.78 is 43.4. The Morgan fingerprint density at radius 3 is 2.61 bits per heavy atom. The van der Waals surface area contributed by atoms with Crippen LogP contribution in [0.3, 0.4) is 0 Å². The molecule has 1 amide bonds. The molecule has 0 spiro atoms. The molecule has 0 heterocycles. The molecule has 1 rings (SSSR count). The second-order valence-corrected chi connectivity index (χ2v) is 4.64. The summed E-state index contributed by atoms with van der Waals surface area (Å²) in [5.41, 5.74) is 4.95. The van der Waals surface area contributed by atoms with Crippen molar-refractivity contribution in [3.8, 4) is 0 Å². The van der Waals surface area contributed by atoms with Crippen molar-refractivity contribution < 1.29 is 22.7 Å². The molecule has 0 fully saturated rings. The smallest absolute Gasteiger partial charge is 0.377 e. The number of nitrogens with one attached hydrogen (secondary N) is 1. The normalized spacial score (nSPS) is 10.8. The van der Waals surface area contributed by atoms with Crippen LogP contribution in [0.25, 0.3) is 0 Å². The Hall–Kier alpha value is -1.57. The number of nitrogens with two attached hydrogens (primary N) is 1. The second-order valence-electron chi connectivity index (χ2n) is 4.64. The predicted octanol–water partition coefficient (Wildman–Crippen LogP) is 3.51. The molecule has 4 nitrogen and oxygen atoms in total. The Labute approximate surface area is 139 Å². The molecule has 0 radical (unpaired) electrons. The second kappa shape index (κ2) is 10.3. The fraction of sp³-hybridized carbons (Fsp3) is 0.400. The first-order chi connectivity index (χ1) is 10.4. The standard InChI is InChI=1S/C15H19F3N2O2.ClH/c1-2-5-22-6-3-4-14(21)20-13-8-11(10-19)7-12(9-13)15(16,17)18;/h2,7-9H,1,3-6,10,19H2,(H,20,21);1H. The average Bonchev–Trinajstić information content (AvgIpc) is 2.45. The summed E-state index contributed by atoms with van der Waals surface area (Å²) >= 11 is 0. The van der Waals surface area contributed by atoms with Crippen LogP contribution in [0, 0.1) is 0 Å². The van der Waals surface area contributed by atoms with E-state index in [2.05, 4.69) is 11.9 Å². The van der Waals surface area contributed by atoms with Crippen molar-refractivity contribution in [2.75, 3.05) is 18.5 Å². The van der Waals surface area contributed by atoms with E-state index in [1.165, 1.54) is 6.07 Å². The Kier molecular flexibility index (Phi) is 9.55. The molecular weight excluding hydrogens is 333 g/mol. The van der Waals surface area contributed by atoms with Crippen LogP contribution in [-0.2, 0) is 22.3 Å². The molecule has 0 aliphatic rings. The molecule has 8 heteroatoms. The number of ether oxygens (including phenoxy) is 1. The zero-order valence-electron chi connectivity index (χ0n) is 12.5. The quantitative estimate of drug-likeness (QED) is 0.556. The van der Waals surface area contributed by atoms with E-state index in [-0.39, 0.29) is 37.0 Å². The Morgan fingerprint density at radius 1 is 1.35 bits per heavy atom. The third-order valence-corrected chi connectivity index (χ3v) is 2.77. The highest BCUT2D eigenvalue weighted by atomic mass is 35.5. The summed E-state index contributed by atoms with van der Waals surface area (Å²) in [5, 5.41) is 2.45. The van der Waals surface area contributed by atoms with Gasteiger partial charge >= 0.3 is 6.18 Å². The van der Waals surface area contributed by atoms with Crippen molar-refractivity contribution in [2.45, 2.75) is 25.6 Å². The van der Waals surface area contributed by atoms with Gasteiger partial charge in [-0.1, -0.05) is 6.08 Å². The van der Waals surface area contributed by atoms with Gasteiger partial charge < -0.3 is 15.8 Å². The molecule has 0 saturated heterocycles. The highest BCUT2D eigenvalue weighted by molar-refractivity contribution is 5.90. The number of alkyl halides is 3. The fourth-order valence-corrected chi connectivity index (χ4v) is 1.77. The van der Waals surface area contributed by atoms with Crippen LogP contribution in [0.15, 0.2) is 30.9 Å². The first-order valence-electron chi connectivity index (χ1n) is 6.76. The molecule has 0 unspecified atom stereocenters. The first kappa shape index (κ1) is 21.4. The molecule has 0 saturated carbocycles. The number of hydrogen-bond donors (Lipinski definition) is 2. The van der Waals surface area contributed by atoms with Crippen LogP contribution in [0.2, 0.25) is 0 Å². The summed E-state index contributed by atoms with van der Waals surface area (Å²) in [4.78, 5) is 11.7. The zero-order valence-corrected chi connectivity index (χ0v) is 13.3.